The number of nitrogens with zero attached hydrogens (tertiary/aromatic N) is 3. The standard InChI is InChI=1S/C22H26N4O4/c1-15(2)20-24-21(30-25-20)16-8-10-18(11-9-16)23-22(28)26(12-13-27)14-17-6-4-5-7-19(17)29-3/h4-11,15,27H,12-14H2,1-3H3,(H,23,28). The van der Waals surface area contributed by atoms with Crippen molar-refractivity contribution in [2.75, 3.05) is 25.6 Å². The van der Waals surface area contributed by atoms with E-state index in [1.165, 1.54) is 4.90 Å². The highest BCUT2D eigenvalue weighted by molar-refractivity contribution is 5.89. The molecule has 2 N–H and O–H groups in total. The molecule has 1 heterocycles. The van der Waals surface area contributed by atoms with E-state index in [2.05, 4.69) is 15.5 Å². The van der Waals surface area contributed by atoms with Gasteiger partial charge in [-0.3, -0.25) is 0 Å². The molecular formula is C22H26N4O4. The fourth-order valence-electron chi connectivity index (χ4n) is 2.90. The van der Waals surface area contributed by atoms with Crippen LogP contribution in [0.3, 0.4) is 0 Å². The predicted molar refractivity (Wildman–Crippen MR) is 113 cm³/mol. The number of carbonyl (C=O) groups excluding carboxylic acids is 1. The van der Waals surface area contributed by atoms with E-state index in [1.807, 2.05) is 50.2 Å². The summed E-state index contributed by atoms with van der Waals surface area (Å²) in [4.78, 5) is 18.7. The van der Waals surface area contributed by atoms with Crippen LogP contribution in [0.5, 0.6) is 5.75 Å². The summed E-state index contributed by atoms with van der Waals surface area (Å²) in [7, 11) is 1.59. The summed E-state index contributed by atoms with van der Waals surface area (Å²) in [6.07, 6.45) is 0. The number of carbonyl (C=O) groups is 1. The van der Waals surface area contributed by atoms with Crippen molar-refractivity contribution in [3.63, 3.8) is 0 Å². The minimum absolute atomic E-state index is 0.142. The second-order valence-corrected chi connectivity index (χ2v) is 7.08. The van der Waals surface area contributed by atoms with Crippen LogP contribution in [-0.4, -0.2) is 46.4 Å². The molecule has 0 fully saturated rings. The number of hydrogen-bond acceptors (Lipinski definition) is 6. The molecule has 0 saturated carbocycles. The van der Waals surface area contributed by atoms with Gasteiger partial charge in [0.1, 0.15) is 5.75 Å². The van der Waals surface area contributed by atoms with Crippen LogP contribution in [0, 0.1) is 0 Å². The lowest BCUT2D eigenvalue weighted by Gasteiger charge is -2.23. The minimum Gasteiger partial charge on any atom is -0.496 e. The summed E-state index contributed by atoms with van der Waals surface area (Å²) in [5, 5.41) is 16.2. The maximum Gasteiger partial charge on any atom is 0.322 e. The van der Waals surface area contributed by atoms with Crippen LogP contribution in [-0.2, 0) is 6.54 Å². The Bertz CT molecular complexity index is 969. The van der Waals surface area contributed by atoms with Crippen LogP contribution in [0.4, 0.5) is 10.5 Å². The summed E-state index contributed by atoms with van der Waals surface area (Å²) < 4.78 is 10.6. The minimum atomic E-state index is -0.317. The second kappa shape index (κ2) is 9.89. The van der Waals surface area contributed by atoms with E-state index in [0.29, 0.717) is 29.7 Å². The third-order valence-electron chi connectivity index (χ3n) is 4.55. The maximum absolute atomic E-state index is 12.8. The fourth-order valence-corrected chi connectivity index (χ4v) is 2.90. The van der Waals surface area contributed by atoms with E-state index < -0.39 is 0 Å². The van der Waals surface area contributed by atoms with Gasteiger partial charge in [0, 0.05) is 29.3 Å². The first-order valence-electron chi connectivity index (χ1n) is 9.74. The fraction of sp³-hybridized carbons (Fsp3) is 0.318. The number of urea groups is 1. The van der Waals surface area contributed by atoms with Crippen LogP contribution in [0.25, 0.3) is 11.5 Å². The lowest BCUT2D eigenvalue weighted by molar-refractivity contribution is 0.184. The topological polar surface area (TPSA) is 101 Å². The highest BCUT2D eigenvalue weighted by Crippen LogP contribution is 2.23. The number of hydrogen-bond donors (Lipinski definition) is 2. The van der Waals surface area contributed by atoms with Crippen molar-refractivity contribution in [1.82, 2.24) is 15.0 Å². The third-order valence-corrected chi connectivity index (χ3v) is 4.55. The van der Waals surface area contributed by atoms with Crippen LogP contribution in [0.2, 0.25) is 0 Å². The molecule has 158 valence electrons. The van der Waals surface area contributed by atoms with Gasteiger partial charge in [0.15, 0.2) is 5.82 Å². The monoisotopic (exact) mass is 410 g/mol. The van der Waals surface area contributed by atoms with Crippen molar-refractivity contribution < 1.29 is 19.2 Å². The van der Waals surface area contributed by atoms with Gasteiger partial charge in [-0.05, 0) is 30.3 Å². The smallest absolute Gasteiger partial charge is 0.322 e. The first-order chi connectivity index (χ1) is 14.5. The molecule has 0 aliphatic carbocycles. The summed E-state index contributed by atoms with van der Waals surface area (Å²) >= 11 is 0. The predicted octanol–water partition coefficient (Wildman–Crippen LogP) is 3.90. The van der Waals surface area contributed by atoms with Gasteiger partial charge in [0.2, 0.25) is 0 Å². The molecule has 0 unspecified atom stereocenters. The molecule has 2 amide bonds. The highest BCUT2D eigenvalue weighted by Gasteiger charge is 2.16. The van der Waals surface area contributed by atoms with Crippen molar-refractivity contribution in [3.05, 3.63) is 59.9 Å². The Morgan fingerprint density at radius 3 is 2.57 bits per heavy atom. The van der Waals surface area contributed by atoms with E-state index in [9.17, 15) is 9.90 Å². The number of ether oxygens (including phenoxy) is 1. The number of benzene rings is 2. The number of rotatable bonds is 8. The van der Waals surface area contributed by atoms with Gasteiger partial charge < -0.3 is 24.6 Å². The molecule has 3 rings (SSSR count). The average molecular weight is 410 g/mol. The molecule has 0 bridgehead atoms. The molecule has 3 aromatic rings. The largest absolute Gasteiger partial charge is 0.496 e. The van der Waals surface area contributed by atoms with Crippen LogP contribution in [0.15, 0.2) is 53.1 Å². The Morgan fingerprint density at radius 1 is 1.20 bits per heavy atom. The molecule has 2 aromatic carbocycles. The van der Waals surface area contributed by atoms with E-state index in [-0.39, 0.29) is 25.1 Å². The number of amides is 2. The summed E-state index contributed by atoms with van der Waals surface area (Å²) in [6, 6.07) is 14.3. The van der Waals surface area contributed by atoms with Crippen LogP contribution >= 0.6 is 0 Å². The zero-order chi connectivity index (χ0) is 21.5. The molecule has 0 aliphatic rings. The van der Waals surface area contributed by atoms with Gasteiger partial charge in [-0.1, -0.05) is 37.2 Å². The summed E-state index contributed by atoms with van der Waals surface area (Å²) in [5.41, 5.74) is 2.25. The zero-order valence-corrected chi connectivity index (χ0v) is 17.3. The average Bonchev–Trinajstić information content (AvgIpc) is 3.25. The number of aromatic nitrogens is 2. The van der Waals surface area contributed by atoms with Crippen LogP contribution in [0.1, 0.15) is 31.2 Å². The van der Waals surface area contributed by atoms with E-state index >= 15 is 0 Å². The summed E-state index contributed by atoms with van der Waals surface area (Å²) in [5.74, 6) is 1.97. The Morgan fingerprint density at radius 2 is 1.93 bits per heavy atom. The SMILES string of the molecule is COc1ccccc1CN(CCO)C(=O)Nc1ccc(-c2nc(C(C)C)no2)cc1. The van der Waals surface area contributed by atoms with Crippen molar-refractivity contribution in [2.24, 2.45) is 0 Å². The van der Waals surface area contributed by atoms with E-state index in [0.717, 1.165) is 11.1 Å². The van der Waals surface area contributed by atoms with Gasteiger partial charge >= 0.3 is 6.03 Å². The van der Waals surface area contributed by atoms with Gasteiger partial charge in [-0.2, -0.15) is 4.98 Å². The van der Waals surface area contributed by atoms with Crippen molar-refractivity contribution in [3.8, 4) is 17.2 Å². The number of para-hydroxylation sites is 1. The molecular weight excluding hydrogens is 384 g/mol. The number of nitrogens with one attached hydrogen (secondary N) is 1. The number of aliphatic hydroxyl groups is 1. The molecule has 30 heavy (non-hydrogen) atoms. The number of anilines is 1. The Kier molecular flexibility index (Phi) is 7.03. The Hall–Kier alpha value is -3.39. The van der Waals surface area contributed by atoms with Gasteiger partial charge in [-0.25, -0.2) is 4.79 Å². The van der Waals surface area contributed by atoms with Crippen LogP contribution < -0.4 is 10.1 Å². The highest BCUT2D eigenvalue weighted by atomic mass is 16.5. The van der Waals surface area contributed by atoms with Gasteiger partial charge in [-0.15, -0.1) is 0 Å². The molecule has 1 aromatic heterocycles. The van der Waals surface area contributed by atoms with Crippen molar-refractivity contribution >= 4 is 11.7 Å². The first-order valence-corrected chi connectivity index (χ1v) is 9.74. The van der Waals surface area contributed by atoms with Crippen molar-refractivity contribution in [1.29, 1.82) is 0 Å². The van der Waals surface area contributed by atoms with Crippen molar-refractivity contribution in [2.45, 2.75) is 26.3 Å². The third kappa shape index (κ3) is 5.15. The molecule has 0 spiro atoms. The Labute approximate surface area is 175 Å². The Balaban J connectivity index is 1.69. The quantitative estimate of drug-likeness (QED) is 0.584. The molecule has 8 nitrogen and oxygen atoms in total. The maximum atomic E-state index is 12.8. The lowest BCUT2D eigenvalue weighted by Crippen LogP contribution is -2.36. The number of aliphatic hydroxyl groups excluding tert-OH is 1. The molecule has 0 saturated heterocycles. The summed E-state index contributed by atoms with van der Waals surface area (Å²) in [6.45, 7) is 4.36. The second-order valence-electron chi connectivity index (χ2n) is 7.08. The van der Waals surface area contributed by atoms with E-state index in [4.69, 9.17) is 9.26 Å². The van der Waals surface area contributed by atoms with Gasteiger partial charge in [0.05, 0.1) is 20.3 Å². The molecule has 0 atom stereocenters. The lowest BCUT2D eigenvalue weighted by atomic mass is 10.2. The van der Waals surface area contributed by atoms with E-state index in [1.54, 1.807) is 19.2 Å². The zero-order valence-electron chi connectivity index (χ0n) is 17.3. The van der Waals surface area contributed by atoms with Gasteiger partial charge in [0.25, 0.3) is 5.89 Å². The number of methoxy groups -OCH3 is 1. The molecule has 8 heteroatoms. The molecule has 0 radical (unpaired) electrons. The first kappa shape index (κ1) is 21.3. The normalized spacial score (nSPS) is 10.8. The molecule has 0 aliphatic heterocycles.